The molecule has 0 bridgehead atoms. The molecule has 0 spiro atoms. The third kappa shape index (κ3) is 3.10. The van der Waals surface area contributed by atoms with Crippen molar-refractivity contribution in [2.75, 3.05) is 13.2 Å². The summed E-state index contributed by atoms with van der Waals surface area (Å²) in [6.45, 7) is 5.48. The number of benzene rings is 1. The van der Waals surface area contributed by atoms with Crippen LogP contribution in [0.2, 0.25) is 0 Å². The standard InChI is InChI=1S/C15H20O3/c1-11(2)10-18-13-7-4-3-6-12(13)15(16)14-8-5-9-17-14/h3-4,6-7,11,14H,5,8-10H2,1-2H3. The molecule has 3 heteroatoms. The van der Waals surface area contributed by atoms with Crippen molar-refractivity contribution >= 4 is 5.78 Å². The van der Waals surface area contributed by atoms with Gasteiger partial charge in [0.1, 0.15) is 11.9 Å². The van der Waals surface area contributed by atoms with Crippen molar-refractivity contribution in [3.8, 4) is 5.75 Å². The first-order chi connectivity index (χ1) is 8.68. The summed E-state index contributed by atoms with van der Waals surface area (Å²) in [6.07, 6.45) is 1.50. The molecular weight excluding hydrogens is 228 g/mol. The van der Waals surface area contributed by atoms with Crippen molar-refractivity contribution in [1.82, 2.24) is 0 Å². The highest BCUT2D eigenvalue weighted by atomic mass is 16.5. The summed E-state index contributed by atoms with van der Waals surface area (Å²) in [5.41, 5.74) is 0.644. The number of ketones is 1. The van der Waals surface area contributed by atoms with Crippen molar-refractivity contribution in [2.24, 2.45) is 5.92 Å². The number of rotatable bonds is 5. The second-order valence-electron chi connectivity index (χ2n) is 5.07. The maximum absolute atomic E-state index is 12.3. The van der Waals surface area contributed by atoms with E-state index in [0.29, 0.717) is 30.4 Å². The van der Waals surface area contributed by atoms with E-state index in [4.69, 9.17) is 9.47 Å². The Morgan fingerprint density at radius 3 is 2.89 bits per heavy atom. The number of carbonyl (C=O) groups is 1. The molecule has 1 saturated heterocycles. The van der Waals surface area contributed by atoms with Gasteiger partial charge in [0.25, 0.3) is 0 Å². The highest BCUT2D eigenvalue weighted by molar-refractivity contribution is 6.01. The van der Waals surface area contributed by atoms with Crippen LogP contribution in [-0.2, 0) is 4.74 Å². The summed E-state index contributed by atoms with van der Waals surface area (Å²) in [6, 6.07) is 7.43. The van der Waals surface area contributed by atoms with Gasteiger partial charge in [-0.15, -0.1) is 0 Å². The van der Waals surface area contributed by atoms with Crippen LogP contribution < -0.4 is 4.74 Å². The molecule has 0 aromatic heterocycles. The highest BCUT2D eigenvalue weighted by Crippen LogP contribution is 2.24. The molecule has 1 unspecified atom stereocenters. The Labute approximate surface area is 108 Å². The minimum absolute atomic E-state index is 0.0480. The van der Waals surface area contributed by atoms with E-state index in [1.807, 2.05) is 24.3 Å². The average molecular weight is 248 g/mol. The van der Waals surface area contributed by atoms with Gasteiger partial charge in [0.05, 0.1) is 12.2 Å². The molecule has 0 amide bonds. The van der Waals surface area contributed by atoms with Gasteiger partial charge < -0.3 is 9.47 Å². The lowest BCUT2D eigenvalue weighted by Gasteiger charge is -2.14. The van der Waals surface area contributed by atoms with E-state index in [1.54, 1.807) is 0 Å². The summed E-state index contributed by atoms with van der Waals surface area (Å²) >= 11 is 0. The predicted molar refractivity (Wildman–Crippen MR) is 70.1 cm³/mol. The van der Waals surface area contributed by atoms with Gasteiger partial charge in [-0.3, -0.25) is 4.79 Å². The molecule has 1 fully saturated rings. The van der Waals surface area contributed by atoms with Crippen LogP contribution in [0.4, 0.5) is 0 Å². The topological polar surface area (TPSA) is 35.5 Å². The van der Waals surface area contributed by atoms with Crippen LogP contribution in [0, 0.1) is 5.92 Å². The number of carbonyl (C=O) groups excluding carboxylic acids is 1. The maximum atomic E-state index is 12.3. The van der Waals surface area contributed by atoms with E-state index >= 15 is 0 Å². The van der Waals surface area contributed by atoms with Crippen LogP contribution in [0.5, 0.6) is 5.75 Å². The normalized spacial score (nSPS) is 19.2. The zero-order valence-corrected chi connectivity index (χ0v) is 11.0. The quantitative estimate of drug-likeness (QED) is 0.751. The second-order valence-corrected chi connectivity index (χ2v) is 5.07. The van der Waals surface area contributed by atoms with E-state index in [0.717, 1.165) is 12.8 Å². The molecule has 98 valence electrons. The Kier molecular flexibility index (Phi) is 4.37. The van der Waals surface area contributed by atoms with Crippen LogP contribution >= 0.6 is 0 Å². The molecule has 1 aliphatic rings. The highest BCUT2D eigenvalue weighted by Gasteiger charge is 2.26. The molecule has 0 N–H and O–H groups in total. The van der Waals surface area contributed by atoms with Crippen LogP contribution in [0.1, 0.15) is 37.0 Å². The third-order valence-corrected chi connectivity index (χ3v) is 2.95. The first-order valence-corrected chi connectivity index (χ1v) is 6.56. The first-order valence-electron chi connectivity index (χ1n) is 6.56. The fourth-order valence-corrected chi connectivity index (χ4v) is 2.01. The summed E-state index contributed by atoms with van der Waals surface area (Å²) in [5.74, 6) is 1.16. The molecule has 3 nitrogen and oxygen atoms in total. The Morgan fingerprint density at radius 1 is 1.44 bits per heavy atom. The zero-order valence-electron chi connectivity index (χ0n) is 11.0. The zero-order chi connectivity index (χ0) is 13.0. The lowest BCUT2D eigenvalue weighted by atomic mass is 10.0. The predicted octanol–water partition coefficient (Wildman–Crippen LogP) is 3.08. The van der Waals surface area contributed by atoms with Gasteiger partial charge in [-0.25, -0.2) is 0 Å². The van der Waals surface area contributed by atoms with Crippen molar-refractivity contribution in [2.45, 2.75) is 32.8 Å². The van der Waals surface area contributed by atoms with E-state index in [9.17, 15) is 4.79 Å². The summed E-state index contributed by atoms with van der Waals surface area (Å²) < 4.78 is 11.1. The number of Topliss-reactive ketones (excluding diaryl/α,β-unsaturated/α-hetero) is 1. The second kappa shape index (κ2) is 6.01. The van der Waals surface area contributed by atoms with Gasteiger partial charge in [-0.1, -0.05) is 26.0 Å². The van der Waals surface area contributed by atoms with Gasteiger partial charge >= 0.3 is 0 Å². The Morgan fingerprint density at radius 2 is 2.22 bits per heavy atom. The largest absolute Gasteiger partial charge is 0.493 e. The average Bonchev–Trinajstić information content (AvgIpc) is 2.89. The van der Waals surface area contributed by atoms with E-state index in [2.05, 4.69) is 13.8 Å². The van der Waals surface area contributed by atoms with E-state index < -0.39 is 0 Å². The number of hydrogen-bond acceptors (Lipinski definition) is 3. The smallest absolute Gasteiger partial charge is 0.195 e. The monoisotopic (exact) mass is 248 g/mol. The molecule has 0 aliphatic carbocycles. The van der Waals surface area contributed by atoms with Crippen molar-refractivity contribution in [3.05, 3.63) is 29.8 Å². The number of para-hydroxylation sites is 1. The van der Waals surface area contributed by atoms with Crippen molar-refractivity contribution < 1.29 is 14.3 Å². The minimum Gasteiger partial charge on any atom is -0.493 e. The first kappa shape index (κ1) is 13.1. The molecule has 1 atom stereocenters. The molecule has 1 aromatic carbocycles. The fraction of sp³-hybridized carbons (Fsp3) is 0.533. The molecule has 1 aromatic rings. The molecule has 0 saturated carbocycles. The fourth-order valence-electron chi connectivity index (χ4n) is 2.01. The summed E-state index contributed by atoms with van der Waals surface area (Å²) in [7, 11) is 0. The van der Waals surface area contributed by atoms with Crippen LogP contribution in [0.3, 0.4) is 0 Å². The van der Waals surface area contributed by atoms with Crippen LogP contribution in [0.15, 0.2) is 24.3 Å². The lowest BCUT2D eigenvalue weighted by Crippen LogP contribution is -2.20. The molecule has 18 heavy (non-hydrogen) atoms. The van der Waals surface area contributed by atoms with Crippen LogP contribution in [0.25, 0.3) is 0 Å². The lowest BCUT2D eigenvalue weighted by molar-refractivity contribution is 0.0638. The van der Waals surface area contributed by atoms with Crippen molar-refractivity contribution in [1.29, 1.82) is 0 Å². The van der Waals surface area contributed by atoms with Gasteiger partial charge in [0.15, 0.2) is 5.78 Å². The number of ether oxygens (including phenoxy) is 2. The molecule has 1 aliphatic heterocycles. The van der Waals surface area contributed by atoms with E-state index in [1.165, 1.54) is 0 Å². The minimum atomic E-state index is -0.284. The third-order valence-electron chi connectivity index (χ3n) is 2.95. The maximum Gasteiger partial charge on any atom is 0.195 e. The summed E-state index contributed by atoms with van der Waals surface area (Å²) in [4.78, 5) is 12.3. The van der Waals surface area contributed by atoms with Gasteiger partial charge in [-0.05, 0) is 30.9 Å². The van der Waals surface area contributed by atoms with Gasteiger partial charge in [0.2, 0.25) is 0 Å². The Bertz CT molecular complexity index is 406. The number of hydrogen-bond donors (Lipinski definition) is 0. The van der Waals surface area contributed by atoms with E-state index in [-0.39, 0.29) is 11.9 Å². The SMILES string of the molecule is CC(C)COc1ccccc1C(=O)C1CCCO1. The molecular formula is C15H20O3. The molecule has 0 radical (unpaired) electrons. The summed E-state index contributed by atoms with van der Waals surface area (Å²) in [5, 5.41) is 0. The van der Waals surface area contributed by atoms with Gasteiger partial charge in [0, 0.05) is 6.61 Å². The Balaban J connectivity index is 2.13. The van der Waals surface area contributed by atoms with Gasteiger partial charge in [-0.2, -0.15) is 0 Å². The van der Waals surface area contributed by atoms with Crippen LogP contribution in [-0.4, -0.2) is 25.1 Å². The molecule has 1 heterocycles. The molecule has 2 rings (SSSR count). The Hall–Kier alpha value is -1.35. The van der Waals surface area contributed by atoms with Crippen molar-refractivity contribution in [3.63, 3.8) is 0 Å².